The van der Waals surface area contributed by atoms with Gasteiger partial charge in [0, 0.05) is 19.3 Å². The quantitative estimate of drug-likeness (QED) is 0.0261. The molecule has 0 saturated carbocycles. The third-order valence-electron chi connectivity index (χ3n) is 14.4. The third-order valence-corrected chi connectivity index (χ3v) is 14.4. The van der Waals surface area contributed by atoms with E-state index in [1.54, 1.807) is 0 Å². The first kappa shape index (κ1) is 72.8. The van der Waals surface area contributed by atoms with Gasteiger partial charge < -0.3 is 14.2 Å². The average molecular weight is 1060 g/mol. The molecule has 0 aromatic carbocycles. The SMILES string of the molecule is CCCCC/C=C\C/C=C\CCCCCCCCCC(=O)OC(COC(=O)CCCCCCC/C=C\CCCCCCC)COC(=O)CCCCCCCCCCCCCC/C=C\C/C=C\C/C=C\CCCCCCC. The van der Waals surface area contributed by atoms with Gasteiger partial charge in [-0.2, -0.15) is 0 Å². The van der Waals surface area contributed by atoms with Crippen molar-refractivity contribution in [3.05, 3.63) is 72.9 Å². The largest absolute Gasteiger partial charge is 0.462 e. The van der Waals surface area contributed by atoms with Gasteiger partial charge in [-0.05, 0) is 116 Å². The molecular weight excluding hydrogens is 937 g/mol. The van der Waals surface area contributed by atoms with Gasteiger partial charge in [0.15, 0.2) is 6.10 Å². The first-order valence-corrected chi connectivity index (χ1v) is 32.9. The third kappa shape index (κ3) is 61.7. The minimum Gasteiger partial charge on any atom is -0.462 e. The van der Waals surface area contributed by atoms with Crippen LogP contribution in [0.1, 0.15) is 335 Å². The van der Waals surface area contributed by atoms with Gasteiger partial charge in [-0.25, -0.2) is 0 Å². The van der Waals surface area contributed by atoms with Crippen LogP contribution >= 0.6 is 0 Å². The molecule has 0 heterocycles. The highest BCUT2D eigenvalue weighted by Gasteiger charge is 2.19. The summed E-state index contributed by atoms with van der Waals surface area (Å²) >= 11 is 0. The summed E-state index contributed by atoms with van der Waals surface area (Å²) in [6.07, 6.45) is 83.4. The first-order chi connectivity index (χ1) is 37.5. The van der Waals surface area contributed by atoms with Gasteiger partial charge in [0.05, 0.1) is 0 Å². The van der Waals surface area contributed by atoms with Gasteiger partial charge >= 0.3 is 17.9 Å². The van der Waals surface area contributed by atoms with Crippen LogP contribution in [0.3, 0.4) is 0 Å². The summed E-state index contributed by atoms with van der Waals surface area (Å²) in [5.74, 6) is -0.884. The molecule has 0 saturated heterocycles. The predicted molar refractivity (Wildman–Crippen MR) is 330 cm³/mol. The Hall–Kier alpha value is -3.15. The maximum atomic E-state index is 12.9. The Labute approximate surface area is 472 Å². The van der Waals surface area contributed by atoms with Gasteiger partial charge in [-0.15, -0.1) is 0 Å². The summed E-state index contributed by atoms with van der Waals surface area (Å²) < 4.78 is 16.9. The highest BCUT2D eigenvalue weighted by Crippen LogP contribution is 2.16. The Morgan fingerprint density at radius 1 is 0.263 bits per heavy atom. The molecule has 0 aliphatic heterocycles. The molecule has 0 N–H and O–H groups in total. The standard InChI is InChI=1S/C70H124O6/c1-4-7-10-13-16-19-22-25-28-30-31-32-33-34-35-36-37-38-39-41-42-45-48-51-54-57-60-63-69(72)75-66-67(65-74-68(71)62-59-56-53-50-47-44-27-24-21-18-15-12-9-6-3)76-70(73)64-61-58-55-52-49-46-43-40-29-26-23-20-17-14-11-8-5-2/h17,20,22,24-27,29-31,33-34,67H,4-16,18-19,21,23,28,32,35-66H2,1-3H3/b20-17-,25-22-,27-24-,29-26-,31-30-,34-33-. The van der Waals surface area contributed by atoms with E-state index >= 15 is 0 Å². The van der Waals surface area contributed by atoms with Crippen molar-refractivity contribution in [3.63, 3.8) is 0 Å². The number of ether oxygens (including phenoxy) is 3. The van der Waals surface area contributed by atoms with Crippen LogP contribution in [0.2, 0.25) is 0 Å². The Kier molecular flexibility index (Phi) is 61.7. The van der Waals surface area contributed by atoms with E-state index in [0.717, 1.165) is 89.9 Å². The fourth-order valence-electron chi connectivity index (χ4n) is 9.42. The monoisotopic (exact) mass is 1060 g/mol. The predicted octanol–water partition coefficient (Wildman–Crippen LogP) is 22.5. The zero-order chi connectivity index (χ0) is 55.0. The van der Waals surface area contributed by atoms with Crippen LogP contribution in [0.4, 0.5) is 0 Å². The molecule has 0 aromatic rings. The lowest BCUT2D eigenvalue weighted by Crippen LogP contribution is -2.30. The topological polar surface area (TPSA) is 78.9 Å². The number of unbranched alkanes of at least 4 members (excludes halogenated alkanes) is 37. The molecular formula is C70H124O6. The minimum absolute atomic E-state index is 0.0806. The molecule has 76 heavy (non-hydrogen) atoms. The highest BCUT2D eigenvalue weighted by molar-refractivity contribution is 5.71. The van der Waals surface area contributed by atoms with Crippen LogP contribution < -0.4 is 0 Å². The van der Waals surface area contributed by atoms with E-state index in [4.69, 9.17) is 14.2 Å². The maximum absolute atomic E-state index is 12.9. The van der Waals surface area contributed by atoms with Crippen molar-refractivity contribution < 1.29 is 28.6 Å². The van der Waals surface area contributed by atoms with Crippen LogP contribution in [-0.2, 0) is 28.6 Å². The van der Waals surface area contributed by atoms with Crippen molar-refractivity contribution >= 4 is 17.9 Å². The smallest absolute Gasteiger partial charge is 0.306 e. The molecule has 0 aliphatic carbocycles. The molecule has 440 valence electrons. The molecule has 0 fully saturated rings. The summed E-state index contributed by atoms with van der Waals surface area (Å²) in [4.78, 5) is 38.3. The Balaban J connectivity index is 4.29. The number of esters is 3. The molecule has 0 rings (SSSR count). The molecule has 0 aromatic heterocycles. The van der Waals surface area contributed by atoms with E-state index in [1.165, 1.54) is 205 Å². The number of hydrogen-bond acceptors (Lipinski definition) is 6. The summed E-state index contributed by atoms with van der Waals surface area (Å²) in [5.41, 5.74) is 0. The molecule has 0 amide bonds. The van der Waals surface area contributed by atoms with Gasteiger partial charge in [0.1, 0.15) is 13.2 Å². The van der Waals surface area contributed by atoms with Gasteiger partial charge in [-0.3, -0.25) is 14.4 Å². The summed E-state index contributed by atoms with van der Waals surface area (Å²) in [6.45, 7) is 6.61. The Morgan fingerprint density at radius 3 is 0.776 bits per heavy atom. The van der Waals surface area contributed by atoms with E-state index in [9.17, 15) is 14.4 Å². The van der Waals surface area contributed by atoms with Gasteiger partial charge in [0.25, 0.3) is 0 Å². The minimum atomic E-state index is -0.784. The Morgan fingerprint density at radius 2 is 0.474 bits per heavy atom. The molecule has 1 atom stereocenters. The molecule has 0 aliphatic rings. The van der Waals surface area contributed by atoms with Crippen molar-refractivity contribution in [3.8, 4) is 0 Å². The molecule has 6 heteroatoms. The molecule has 0 radical (unpaired) electrons. The molecule has 1 unspecified atom stereocenters. The normalized spacial score (nSPS) is 12.5. The zero-order valence-corrected chi connectivity index (χ0v) is 50.5. The van der Waals surface area contributed by atoms with Crippen molar-refractivity contribution in [2.45, 2.75) is 341 Å². The van der Waals surface area contributed by atoms with E-state index < -0.39 is 6.10 Å². The van der Waals surface area contributed by atoms with E-state index in [0.29, 0.717) is 19.3 Å². The van der Waals surface area contributed by atoms with Crippen LogP contribution in [0.5, 0.6) is 0 Å². The maximum Gasteiger partial charge on any atom is 0.306 e. The van der Waals surface area contributed by atoms with Crippen molar-refractivity contribution in [2.24, 2.45) is 0 Å². The number of carbonyl (C=O) groups excluding carboxylic acids is 3. The molecule has 0 spiro atoms. The van der Waals surface area contributed by atoms with Crippen molar-refractivity contribution in [1.82, 2.24) is 0 Å². The highest BCUT2D eigenvalue weighted by atomic mass is 16.6. The zero-order valence-electron chi connectivity index (χ0n) is 50.5. The van der Waals surface area contributed by atoms with Crippen LogP contribution in [0, 0.1) is 0 Å². The number of allylic oxidation sites excluding steroid dienone is 12. The summed E-state index contributed by atoms with van der Waals surface area (Å²) in [5, 5.41) is 0. The van der Waals surface area contributed by atoms with E-state index in [-0.39, 0.29) is 31.1 Å². The number of rotatable bonds is 60. The second kappa shape index (κ2) is 64.4. The fourth-order valence-corrected chi connectivity index (χ4v) is 9.42. The van der Waals surface area contributed by atoms with Gasteiger partial charge in [0.2, 0.25) is 0 Å². The first-order valence-electron chi connectivity index (χ1n) is 32.9. The Bertz CT molecular complexity index is 1400. The van der Waals surface area contributed by atoms with Gasteiger partial charge in [-0.1, -0.05) is 273 Å². The average Bonchev–Trinajstić information content (AvgIpc) is 3.42. The lowest BCUT2D eigenvalue weighted by Gasteiger charge is -2.18. The lowest BCUT2D eigenvalue weighted by molar-refractivity contribution is -0.167. The van der Waals surface area contributed by atoms with E-state index in [1.807, 2.05) is 0 Å². The molecule has 6 nitrogen and oxygen atoms in total. The lowest BCUT2D eigenvalue weighted by atomic mass is 10.0. The summed E-state index contributed by atoms with van der Waals surface area (Å²) in [7, 11) is 0. The van der Waals surface area contributed by atoms with E-state index in [2.05, 4.69) is 93.7 Å². The molecule has 0 bridgehead atoms. The van der Waals surface area contributed by atoms with Crippen LogP contribution in [0.25, 0.3) is 0 Å². The van der Waals surface area contributed by atoms with Crippen LogP contribution in [-0.4, -0.2) is 37.2 Å². The second-order valence-electron chi connectivity index (χ2n) is 22.0. The number of hydrogen-bond donors (Lipinski definition) is 0. The van der Waals surface area contributed by atoms with Crippen molar-refractivity contribution in [1.29, 1.82) is 0 Å². The van der Waals surface area contributed by atoms with Crippen molar-refractivity contribution in [2.75, 3.05) is 13.2 Å². The summed E-state index contributed by atoms with van der Waals surface area (Å²) in [6, 6.07) is 0. The number of carbonyl (C=O) groups is 3. The van der Waals surface area contributed by atoms with Crippen LogP contribution in [0.15, 0.2) is 72.9 Å². The second-order valence-corrected chi connectivity index (χ2v) is 22.0. The fraction of sp³-hybridized carbons (Fsp3) is 0.786.